The molecule has 4 nitrogen and oxygen atoms in total. The molecular weight excluding hydrogens is 321 g/mol. The molecule has 0 saturated carbocycles. The lowest BCUT2D eigenvalue weighted by molar-refractivity contribution is 0.0692. The number of carboxylic acids is 1. The zero-order valence-corrected chi connectivity index (χ0v) is 13.1. The van der Waals surface area contributed by atoms with E-state index >= 15 is 0 Å². The highest BCUT2D eigenvalue weighted by Crippen LogP contribution is 2.22. The fraction of sp³-hybridized carbons (Fsp3) is 0. The van der Waals surface area contributed by atoms with E-state index in [2.05, 4.69) is 5.32 Å². The highest BCUT2D eigenvalue weighted by atomic mass is 19.1. The number of aromatic carboxylic acids is 1. The smallest absolute Gasteiger partial charge is 0.336 e. The molecule has 0 atom stereocenters. The van der Waals surface area contributed by atoms with Gasteiger partial charge in [-0.05, 0) is 41.5 Å². The van der Waals surface area contributed by atoms with Crippen LogP contribution in [0.3, 0.4) is 0 Å². The number of benzene rings is 3. The Morgan fingerprint density at radius 1 is 0.800 bits per heavy atom. The van der Waals surface area contributed by atoms with E-state index in [1.807, 2.05) is 42.5 Å². The molecule has 5 heteroatoms. The van der Waals surface area contributed by atoms with Gasteiger partial charge in [0.1, 0.15) is 5.82 Å². The molecule has 0 aliphatic carbocycles. The quantitative estimate of drug-likeness (QED) is 0.740. The largest absolute Gasteiger partial charge is 0.478 e. The first-order chi connectivity index (χ1) is 12.0. The van der Waals surface area contributed by atoms with Gasteiger partial charge in [-0.3, -0.25) is 4.79 Å². The lowest BCUT2D eigenvalue weighted by atomic mass is 10.0. The maximum Gasteiger partial charge on any atom is 0.336 e. The summed E-state index contributed by atoms with van der Waals surface area (Å²) < 4.78 is 13.2. The van der Waals surface area contributed by atoms with Crippen LogP contribution >= 0.6 is 0 Å². The average molecular weight is 335 g/mol. The van der Waals surface area contributed by atoms with Crippen LogP contribution in [0.5, 0.6) is 0 Å². The number of amides is 1. The fourth-order valence-corrected chi connectivity index (χ4v) is 2.47. The van der Waals surface area contributed by atoms with Crippen LogP contribution in [0.1, 0.15) is 20.7 Å². The molecule has 0 aliphatic rings. The molecule has 0 aromatic heterocycles. The Bertz CT molecular complexity index is 921. The van der Waals surface area contributed by atoms with Crippen molar-refractivity contribution < 1.29 is 19.1 Å². The van der Waals surface area contributed by atoms with E-state index in [9.17, 15) is 14.0 Å². The van der Waals surface area contributed by atoms with Gasteiger partial charge >= 0.3 is 5.97 Å². The predicted octanol–water partition coefficient (Wildman–Crippen LogP) is 4.44. The molecule has 0 fully saturated rings. The summed E-state index contributed by atoms with van der Waals surface area (Å²) >= 11 is 0. The Morgan fingerprint density at radius 3 is 2.08 bits per heavy atom. The van der Waals surface area contributed by atoms with Crippen LogP contribution in [0.4, 0.5) is 10.1 Å². The van der Waals surface area contributed by atoms with Crippen molar-refractivity contribution in [2.24, 2.45) is 0 Å². The van der Waals surface area contributed by atoms with Crippen LogP contribution in [0.25, 0.3) is 11.1 Å². The maximum absolute atomic E-state index is 13.2. The number of nitrogens with one attached hydrogen (secondary N) is 1. The first-order valence-corrected chi connectivity index (χ1v) is 7.54. The molecule has 0 saturated heterocycles. The number of hydrogen-bond donors (Lipinski definition) is 2. The molecule has 0 aliphatic heterocycles. The van der Waals surface area contributed by atoms with Crippen LogP contribution in [0, 0.1) is 5.82 Å². The standard InChI is InChI=1S/C20H14FNO3/c21-15-8-11-17(18(12-15)20(24)25)19(23)22-16-9-6-14(7-10-16)13-4-2-1-3-5-13/h1-12H,(H,22,23)(H,24,25). The van der Waals surface area contributed by atoms with E-state index in [0.717, 1.165) is 29.3 Å². The van der Waals surface area contributed by atoms with Gasteiger partial charge in [0.05, 0.1) is 11.1 Å². The summed E-state index contributed by atoms with van der Waals surface area (Å²) in [6.07, 6.45) is 0. The Morgan fingerprint density at radius 2 is 1.44 bits per heavy atom. The van der Waals surface area contributed by atoms with Gasteiger partial charge in [-0.2, -0.15) is 0 Å². The van der Waals surface area contributed by atoms with Gasteiger partial charge in [0.15, 0.2) is 0 Å². The molecule has 0 heterocycles. The zero-order chi connectivity index (χ0) is 17.8. The van der Waals surface area contributed by atoms with Gasteiger partial charge in [0.2, 0.25) is 0 Å². The third kappa shape index (κ3) is 3.72. The third-order valence-electron chi connectivity index (χ3n) is 3.71. The molecule has 0 bridgehead atoms. The molecular formula is C20H14FNO3. The molecule has 0 unspecified atom stereocenters. The van der Waals surface area contributed by atoms with Crippen molar-refractivity contribution in [3.05, 3.63) is 89.7 Å². The van der Waals surface area contributed by atoms with Crippen LogP contribution < -0.4 is 5.32 Å². The monoisotopic (exact) mass is 335 g/mol. The van der Waals surface area contributed by atoms with Crippen molar-refractivity contribution in [3.63, 3.8) is 0 Å². The van der Waals surface area contributed by atoms with E-state index in [0.29, 0.717) is 5.69 Å². The van der Waals surface area contributed by atoms with Gasteiger partial charge in [-0.15, -0.1) is 0 Å². The van der Waals surface area contributed by atoms with E-state index in [-0.39, 0.29) is 11.1 Å². The number of halogens is 1. The minimum absolute atomic E-state index is 0.0963. The van der Waals surface area contributed by atoms with Crippen LogP contribution in [0.15, 0.2) is 72.8 Å². The Balaban J connectivity index is 1.81. The Kier molecular flexibility index (Phi) is 4.57. The second kappa shape index (κ2) is 6.97. The van der Waals surface area contributed by atoms with Crippen molar-refractivity contribution in [1.29, 1.82) is 0 Å². The van der Waals surface area contributed by atoms with Gasteiger partial charge < -0.3 is 10.4 Å². The summed E-state index contributed by atoms with van der Waals surface area (Å²) in [4.78, 5) is 23.5. The summed E-state index contributed by atoms with van der Waals surface area (Å²) in [6.45, 7) is 0. The van der Waals surface area contributed by atoms with Crippen LogP contribution in [0.2, 0.25) is 0 Å². The van der Waals surface area contributed by atoms with Crippen molar-refractivity contribution in [2.45, 2.75) is 0 Å². The van der Waals surface area contributed by atoms with Crippen molar-refractivity contribution in [1.82, 2.24) is 0 Å². The van der Waals surface area contributed by atoms with E-state index in [1.54, 1.807) is 12.1 Å². The Hall–Kier alpha value is -3.47. The van der Waals surface area contributed by atoms with Crippen molar-refractivity contribution in [2.75, 3.05) is 5.32 Å². The predicted molar refractivity (Wildman–Crippen MR) is 93.2 cm³/mol. The average Bonchev–Trinajstić information content (AvgIpc) is 2.63. The summed E-state index contributed by atoms with van der Waals surface area (Å²) in [5.41, 5.74) is 2.09. The first kappa shape index (κ1) is 16.4. The lowest BCUT2D eigenvalue weighted by Crippen LogP contribution is -2.16. The Labute approximate surface area is 143 Å². The molecule has 2 N–H and O–H groups in total. The number of hydrogen-bond acceptors (Lipinski definition) is 2. The molecule has 0 spiro atoms. The summed E-state index contributed by atoms with van der Waals surface area (Å²) in [5, 5.41) is 11.7. The molecule has 3 aromatic carbocycles. The zero-order valence-electron chi connectivity index (χ0n) is 13.1. The minimum atomic E-state index is -1.36. The number of rotatable bonds is 4. The topological polar surface area (TPSA) is 66.4 Å². The van der Waals surface area contributed by atoms with E-state index in [4.69, 9.17) is 5.11 Å². The number of carbonyl (C=O) groups is 2. The SMILES string of the molecule is O=C(O)c1cc(F)ccc1C(=O)Nc1ccc(-c2ccccc2)cc1. The minimum Gasteiger partial charge on any atom is -0.478 e. The summed E-state index contributed by atoms with van der Waals surface area (Å²) in [5.74, 6) is -2.67. The van der Waals surface area contributed by atoms with Crippen LogP contribution in [-0.2, 0) is 0 Å². The fourth-order valence-electron chi connectivity index (χ4n) is 2.47. The number of carboxylic acid groups (broad SMARTS) is 1. The van der Waals surface area contributed by atoms with Gasteiger partial charge in [-0.1, -0.05) is 42.5 Å². The van der Waals surface area contributed by atoms with Crippen molar-refractivity contribution in [3.8, 4) is 11.1 Å². The van der Waals surface area contributed by atoms with Gasteiger partial charge in [0.25, 0.3) is 5.91 Å². The molecule has 1 amide bonds. The third-order valence-corrected chi connectivity index (χ3v) is 3.71. The number of anilines is 1. The van der Waals surface area contributed by atoms with E-state index in [1.165, 1.54) is 0 Å². The highest BCUT2D eigenvalue weighted by Gasteiger charge is 2.17. The van der Waals surface area contributed by atoms with Crippen LogP contribution in [-0.4, -0.2) is 17.0 Å². The lowest BCUT2D eigenvalue weighted by Gasteiger charge is -2.09. The van der Waals surface area contributed by atoms with Gasteiger partial charge in [0, 0.05) is 5.69 Å². The molecule has 0 radical (unpaired) electrons. The second-order valence-electron chi connectivity index (χ2n) is 5.39. The van der Waals surface area contributed by atoms with E-state index < -0.39 is 17.7 Å². The molecule has 3 rings (SSSR count). The normalized spacial score (nSPS) is 10.3. The second-order valence-corrected chi connectivity index (χ2v) is 5.39. The molecule has 25 heavy (non-hydrogen) atoms. The molecule has 3 aromatic rings. The highest BCUT2D eigenvalue weighted by molar-refractivity contribution is 6.10. The first-order valence-electron chi connectivity index (χ1n) is 7.54. The summed E-state index contributed by atoms with van der Waals surface area (Å²) in [6, 6.07) is 20.0. The van der Waals surface area contributed by atoms with Gasteiger partial charge in [-0.25, -0.2) is 9.18 Å². The van der Waals surface area contributed by atoms with Crippen molar-refractivity contribution >= 4 is 17.6 Å². The summed E-state index contributed by atoms with van der Waals surface area (Å²) in [7, 11) is 0. The molecule has 124 valence electrons. The number of carbonyl (C=O) groups excluding carboxylic acids is 1. The maximum atomic E-state index is 13.2.